The fraction of sp³-hybridized carbons (Fsp3) is 0.370. The second-order valence-electron chi connectivity index (χ2n) is 9.06. The van der Waals surface area contributed by atoms with Crippen molar-refractivity contribution >= 4 is 52.3 Å². The van der Waals surface area contributed by atoms with E-state index in [0.717, 1.165) is 38.8 Å². The summed E-state index contributed by atoms with van der Waals surface area (Å²) in [7, 11) is 0. The molecule has 0 radical (unpaired) electrons. The van der Waals surface area contributed by atoms with Gasteiger partial charge in [0, 0.05) is 36.6 Å². The van der Waals surface area contributed by atoms with Crippen LogP contribution in [0.5, 0.6) is 0 Å². The number of rotatable bonds is 16. The minimum absolute atomic E-state index is 0.105. The normalized spacial score (nSPS) is 11.6. The first-order valence-corrected chi connectivity index (χ1v) is 13.4. The Hall–Kier alpha value is -5.01. The molecule has 0 aliphatic rings. The summed E-state index contributed by atoms with van der Waals surface area (Å²) in [6.07, 6.45) is 4.07. The summed E-state index contributed by atoms with van der Waals surface area (Å²) in [6, 6.07) is 10.7. The summed E-state index contributed by atoms with van der Waals surface area (Å²) in [6.45, 7) is 6.95. The van der Waals surface area contributed by atoms with Crippen LogP contribution in [0.25, 0.3) is 0 Å². The number of nitro benzene ring substituents is 1. The number of azo groups is 1. The number of anilines is 5. The number of amides is 1. The van der Waals surface area contributed by atoms with Gasteiger partial charge in [0.05, 0.1) is 10.6 Å². The number of nitro groups is 1. The van der Waals surface area contributed by atoms with E-state index >= 15 is 0 Å². The molecular weight excluding hydrogens is 528 g/mol. The molecule has 4 N–H and O–H groups in total. The summed E-state index contributed by atoms with van der Waals surface area (Å²) in [5.74, 6) is 0.131. The quantitative estimate of drug-likeness (QED) is 0.0560. The van der Waals surface area contributed by atoms with Crippen LogP contribution < -0.4 is 21.3 Å². The second-order valence-corrected chi connectivity index (χ2v) is 9.06. The fourth-order valence-electron chi connectivity index (χ4n) is 3.40. The molecule has 0 saturated heterocycles. The number of non-ortho nitro benzene ring substituents is 1. The number of aromatic nitrogens is 3. The Labute approximate surface area is 237 Å². The molecule has 1 aromatic heterocycles. The van der Waals surface area contributed by atoms with Gasteiger partial charge in [-0.2, -0.15) is 25.2 Å². The molecule has 0 spiro atoms. The molecule has 2 aromatic carbocycles. The lowest BCUT2D eigenvalue weighted by molar-refractivity contribution is -0.384. The molecule has 216 valence electrons. The Morgan fingerprint density at radius 1 is 0.854 bits per heavy atom. The van der Waals surface area contributed by atoms with Crippen molar-refractivity contribution in [1.82, 2.24) is 15.0 Å². The van der Waals surface area contributed by atoms with Gasteiger partial charge < -0.3 is 21.3 Å². The van der Waals surface area contributed by atoms with Crippen LogP contribution in [0.4, 0.5) is 40.6 Å². The third-order valence-electron chi connectivity index (χ3n) is 5.65. The van der Waals surface area contributed by atoms with E-state index in [-0.39, 0.29) is 11.4 Å². The Balaban J connectivity index is 1.66. The highest BCUT2D eigenvalue weighted by atomic mass is 16.6. The van der Waals surface area contributed by atoms with Gasteiger partial charge in [0.15, 0.2) is 5.78 Å². The van der Waals surface area contributed by atoms with Crippen molar-refractivity contribution < 1.29 is 14.5 Å². The largest absolute Gasteiger partial charge is 0.354 e. The number of nitrogens with zero attached hydrogens (tertiary/aromatic N) is 6. The Bertz CT molecular complexity index is 1320. The minimum Gasteiger partial charge on any atom is -0.354 e. The van der Waals surface area contributed by atoms with E-state index in [1.807, 2.05) is 0 Å². The first-order valence-electron chi connectivity index (χ1n) is 13.4. The number of hydrogen-bond donors (Lipinski definition) is 4. The van der Waals surface area contributed by atoms with Crippen molar-refractivity contribution in [3.05, 3.63) is 58.6 Å². The topological polar surface area (TPSA) is 189 Å². The van der Waals surface area contributed by atoms with Gasteiger partial charge in [0.1, 0.15) is 0 Å². The molecule has 3 aromatic rings. The zero-order valence-corrected chi connectivity index (χ0v) is 23.3. The predicted molar refractivity (Wildman–Crippen MR) is 157 cm³/mol. The summed E-state index contributed by atoms with van der Waals surface area (Å²) in [5.41, 5.74) is 1.29. The van der Waals surface area contributed by atoms with Crippen LogP contribution in [0.1, 0.15) is 46.5 Å². The minimum atomic E-state index is -1.38. The average Bonchev–Trinajstić information content (AvgIpc) is 2.94. The van der Waals surface area contributed by atoms with Gasteiger partial charge >= 0.3 is 0 Å². The number of nitrogens with one attached hydrogen (secondary N) is 4. The SMILES string of the molecule is CCCCNc1nc(NCCCC)nc(Nc2ccc(NC(=O)C(N=Nc3ccc([N+](=O)[O-])cc3)C(C)=O)cc2)n1. The van der Waals surface area contributed by atoms with Crippen LogP contribution in [-0.2, 0) is 9.59 Å². The zero-order chi connectivity index (χ0) is 29.6. The van der Waals surface area contributed by atoms with Gasteiger partial charge in [-0.15, -0.1) is 0 Å². The van der Waals surface area contributed by atoms with Gasteiger partial charge in [-0.05, 0) is 56.2 Å². The monoisotopic (exact) mass is 562 g/mol. The fourth-order valence-corrected chi connectivity index (χ4v) is 3.40. The van der Waals surface area contributed by atoms with Crippen molar-refractivity contribution in [3.63, 3.8) is 0 Å². The number of hydrogen-bond acceptors (Lipinski definition) is 12. The molecule has 0 fully saturated rings. The maximum absolute atomic E-state index is 12.8. The van der Waals surface area contributed by atoms with Gasteiger partial charge in [-0.1, -0.05) is 26.7 Å². The molecule has 14 nitrogen and oxygen atoms in total. The summed E-state index contributed by atoms with van der Waals surface area (Å²) >= 11 is 0. The summed E-state index contributed by atoms with van der Waals surface area (Å²) in [4.78, 5) is 48.4. The Morgan fingerprint density at radius 2 is 1.39 bits per heavy atom. The first kappa shape index (κ1) is 30.5. The number of carbonyl (C=O) groups is 2. The van der Waals surface area contributed by atoms with Gasteiger partial charge in [-0.25, -0.2) is 0 Å². The Kier molecular flexibility index (Phi) is 11.6. The molecule has 3 rings (SSSR count). The molecule has 0 aliphatic carbocycles. The lowest BCUT2D eigenvalue weighted by Crippen LogP contribution is -2.31. The van der Waals surface area contributed by atoms with Crippen LogP contribution in [0, 0.1) is 10.1 Å². The van der Waals surface area contributed by atoms with Crippen molar-refractivity contribution in [2.45, 2.75) is 52.5 Å². The van der Waals surface area contributed by atoms with Crippen molar-refractivity contribution in [1.29, 1.82) is 0 Å². The van der Waals surface area contributed by atoms with E-state index < -0.39 is 22.7 Å². The van der Waals surface area contributed by atoms with Crippen LogP contribution >= 0.6 is 0 Å². The van der Waals surface area contributed by atoms with E-state index in [1.165, 1.54) is 31.2 Å². The molecule has 41 heavy (non-hydrogen) atoms. The molecule has 1 atom stereocenters. The number of benzene rings is 2. The third kappa shape index (κ3) is 9.91. The average molecular weight is 563 g/mol. The first-order chi connectivity index (χ1) is 19.8. The summed E-state index contributed by atoms with van der Waals surface area (Å²) < 4.78 is 0. The number of carbonyl (C=O) groups excluding carboxylic acids is 2. The van der Waals surface area contributed by atoms with E-state index in [4.69, 9.17) is 0 Å². The lowest BCUT2D eigenvalue weighted by atomic mass is 10.2. The summed E-state index contributed by atoms with van der Waals surface area (Å²) in [5, 5.41) is 30.8. The van der Waals surface area contributed by atoms with Crippen LogP contribution in [0.2, 0.25) is 0 Å². The van der Waals surface area contributed by atoms with E-state index in [0.29, 0.717) is 29.2 Å². The molecule has 1 heterocycles. The molecule has 0 bridgehead atoms. The third-order valence-corrected chi connectivity index (χ3v) is 5.65. The van der Waals surface area contributed by atoms with Crippen LogP contribution in [0.3, 0.4) is 0 Å². The zero-order valence-electron chi connectivity index (χ0n) is 23.3. The number of unbranched alkanes of at least 4 members (excludes halogenated alkanes) is 2. The number of ketones is 1. The molecule has 1 amide bonds. The van der Waals surface area contributed by atoms with Gasteiger partial charge in [-0.3, -0.25) is 19.7 Å². The van der Waals surface area contributed by atoms with E-state index in [9.17, 15) is 19.7 Å². The molecule has 1 unspecified atom stereocenters. The molecule has 0 saturated carbocycles. The van der Waals surface area contributed by atoms with Crippen LogP contribution in [0.15, 0.2) is 58.8 Å². The Morgan fingerprint density at radius 3 is 1.90 bits per heavy atom. The highest BCUT2D eigenvalue weighted by Gasteiger charge is 2.23. The van der Waals surface area contributed by atoms with Crippen molar-refractivity contribution in [2.75, 3.05) is 34.4 Å². The van der Waals surface area contributed by atoms with Gasteiger partial charge in [0.25, 0.3) is 11.6 Å². The van der Waals surface area contributed by atoms with Gasteiger partial charge in [0.2, 0.25) is 23.9 Å². The van der Waals surface area contributed by atoms with Crippen LogP contribution in [-0.4, -0.2) is 50.7 Å². The lowest BCUT2D eigenvalue weighted by Gasteiger charge is -2.12. The molecule has 0 aliphatic heterocycles. The van der Waals surface area contributed by atoms with E-state index in [1.54, 1.807) is 24.3 Å². The van der Waals surface area contributed by atoms with E-state index in [2.05, 4.69) is 60.3 Å². The highest BCUT2D eigenvalue weighted by molar-refractivity contribution is 6.10. The van der Waals surface area contributed by atoms with Crippen molar-refractivity contribution in [2.24, 2.45) is 10.2 Å². The molecule has 14 heteroatoms. The maximum atomic E-state index is 12.8. The van der Waals surface area contributed by atoms with Crippen molar-refractivity contribution in [3.8, 4) is 0 Å². The predicted octanol–water partition coefficient (Wildman–Crippen LogP) is 5.63. The highest BCUT2D eigenvalue weighted by Crippen LogP contribution is 2.21. The standard InChI is InChI=1S/C27H34N10O4/c1-4-6-16-28-25-32-26(29-17-7-5-2)34-27(33-25)31-20-10-8-19(9-11-20)30-24(39)23(18(3)38)36-35-21-12-14-22(15-13-21)37(40)41/h8-15,23H,4-7,16-17H2,1-3H3,(H,30,39)(H3,28,29,31,32,33,34). The molecular formula is C27H34N10O4. The second kappa shape index (κ2) is 15.5. The number of Topliss-reactive ketones (excluding diaryl/α,β-unsaturated/α-hetero) is 1. The smallest absolute Gasteiger partial charge is 0.269 e. The maximum Gasteiger partial charge on any atom is 0.269 e.